The maximum atomic E-state index is 12.4. The van der Waals surface area contributed by atoms with Crippen molar-refractivity contribution < 1.29 is 23.1 Å². The molecular formula is C16H21F3O2. The minimum Gasteiger partial charge on any atom is -0.481 e. The molecule has 0 bridgehead atoms. The van der Waals surface area contributed by atoms with Crippen molar-refractivity contribution in [2.45, 2.75) is 57.5 Å². The molecule has 118 valence electrons. The summed E-state index contributed by atoms with van der Waals surface area (Å²) in [5.74, 6) is -0.752. The van der Waals surface area contributed by atoms with E-state index in [0.29, 0.717) is 6.42 Å². The summed E-state index contributed by atoms with van der Waals surface area (Å²) in [7, 11) is 0. The largest absolute Gasteiger partial charge is 0.481 e. The third kappa shape index (κ3) is 7.73. The topological polar surface area (TPSA) is 37.3 Å². The fourth-order valence-corrected chi connectivity index (χ4v) is 2.17. The second-order valence-corrected chi connectivity index (χ2v) is 5.21. The van der Waals surface area contributed by atoms with Crippen LogP contribution in [0.1, 0.15) is 56.1 Å². The van der Waals surface area contributed by atoms with Crippen molar-refractivity contribution in [2.75, 3.05) is 0 Å². The fraction of sp³-hybridized carbons (Fsp3) is 0.562. The molecule has 21 heavy (non-hydrogen) atoms. The Morgan fingerprint density at radius 3 is 1.95 bits per heavy atom. The van der Waals surface area contributed by atoms with Crippen molar-refractivity contribution in [1.82, 2.24) is 0 Å². The van der Waals surface area contributed by atoms with E-state index in [-0.39, 0.29) is 6.42 Å². The van der Waals surface area contributed by atoms with Crippen LogP contribution in [0, 0.1) is 0 Å². The number of carboxylic acids is 1. The van der Waals surface area contributed by atoms with Crippen LogP contribution >= 0.6 is 0 Å². The zero-order chi connectivity index (χ0) is 15.7. The lowest BCUT2D eigenvalue weighted by molar-refractivity contribution is -0.138. The maximum absolute atomic E-state index is 12.4. The number of halogens is 3. The van der Waals surface area contributed by atoms with E-state index in [0.717, 1.165) is 56.2 Å². The molecule has 0 heterocycles. The van der Waals surface area contributed by atoms with Gasteiger partial charge < -0.3 is 5.11 Å². The van der Waals surface area contributed by atoms with E-state index in [2.05, 4.69) is 0 Å². The van der Waals surface area contributed by atoms with E-state index in [9.17, 15) is 18.0 Å². The molecule has 0 aromatic heterocycles. The predicted molar refractivity (Wildman–Crippen MR) is 75.1 cm³/mol. The molecule has 0 atom stereocenters. The van der Waals surface area contributed by atoms with Crippen molar-refractivity contribution in [3.8, 4) is 0 Å². The summed E-state index contributed by atoms with van der Waals surface area (Å²) in [6, 6.07) is 5.33. The van der Waals surface area contributed by atoms with Gasteiger partial charge in [-0.25, -0.2) is 0 Å². The lowest BCUT2D eigenvalue weighted by Gasteiger charge is -2.07. The number of aliphatic carboxylic acids is 1. The van der Waals surface area contributed by atoms with Gasteiger partial charge in [-0.05, 0) is 37.0 Å². The second-order valence-electron chi connectivity index (χ2n) is 5.21. The average Bonchev–Trinajstić information content (AvgIpc) is 2.41. The molecule has 1 N–H and O–H groups in total. The first kappa shape index (κ1) is 17.5. The minimum atomic E-state index is -4.27. The molecule has 0 aliphatic carbocycles. The fourth-order valence-electron chi connectivity index (χ4n) is 2.17. The highest BCUT2D eigenvalue weighted by Gasteiger charge is 2.29. The number of carboxylic acid groups (broad SMARTS) is 1. The van der Waals surface area contributed by atoms with Gasteiger partial charge in [-0.1, -0.05) is 37.8 Å². The molecule has 0 aliphatic heterocycles. The summed E-state index contributed by atoms with van der Waals surface area (Å²) in [5, 5.41) is 8.48. The molecule has 0 amide bonds. The van der Waals surface area contributed by atoms with Crippen LogP contribution in [-0.4, -0.2) is 11.1 Å². The molecule has 2 nitrogen and oxygen atoms in total. The van der Waals surface area contributed by atoms with Crippen molar-refractivity contribution in [2.24, 2.45) is 0 Å². The van der Waals surface area contributed by atoms with Crippen LogP contribution in [0.15, 0.2) is 24.3 Å². The van der Waals surface area contributed by atoms with E-state index in [1.54, 1.807) is 0 Å². The number of rotatable bonds is 9. The summed E-state index contributed by atoms with van der Waals surface area (Å²) >= 11 is 0. The molecular weight excluding hydrogens is 281 g/mol. The van der Waals surface area contributed by atoms with Gasteiger partial charge in [0.15, 0.2) is 0 Å². The smallest absolute Gasteiger partial charge is 0.416 e. The number of benzene rings is 1. The van der Waals surface area contributed by atoms with E-state index in [1.165, 1.54) is 12.1 Å². The normalized spacial score (nSPS) is 11.6. The van der Waals surface area contributed by atoms with Crippen molar-refractivity contribution in [1.29, 1.82) is 0 Å². The van der Waals surface area contributed by atoms with Crippen molar-refractivity contribution in [3.05, 3.63) is 35.4 Å². The van der Waals surface area contributed by atoms with Gasteiger partial charge in [0.1, 0.15) is 0 Å². The second kappa shape index (κ2) is 8.70. The molecule has 5 heteroatoms. The van der Waals surface area contributed by atoms with Crippen LogP contribution in [0.5, 0.6) is 0 Å². The van der Waals surface area contributed by atoms with Gasteiger partial charge in [-0.2, -0.15) is 13.2 Å². The molecule has 0 radical (unpaired) electrons. The Labute approximate surface area is 123 Å². The minimum absolute atomic E-state index is 0.228. The van der Waals surface area contributed by atoms with E-state index < -0.39 is 17.7 Å². The van der Waals surface area contributed by atoms with Gasteiger partial charge in [0.05, 0.1) is 5.56 Å². The Morgan fingerprint density at radius 2 is 1.43 bits per heavy atom. The van der Waals surface area contributed by atoms with Gasteiger partial charge in [0.25, 0.3) is 0 Å². The summed E-state index contributed by atoms with van der Waals surface area (Å²) in [5.41, 5.74) is 0.318. The number of hydrogen-bond acceptors (Lipinski definition) is 1. The van der Waals surface area contributed by atoms with Crippen LogP contribution in [-0.2, 0) is 17.4 Å². The number of hydrogen-bond donors (Lipinski definition) is 1. The van der Waals surface area contributed by atoms with Gasteiger partial charge in [-0.3, -0.25) is 4.79 Å². The van der Waals surface area contributed by atoms with Gasteiger partial charge in [0.2, 0.25) is 0 Å². The number of unbranched alkanes of at least 4 members (excludes halogenated alkanes) is 5. The van der Waals surface area contributed by atoms with Gasteiger partial charge in [-0.15, -0.1) is 0 Å². The Morgan fingerprint density at radius 1 is 0.905 bits per heavy atom. The Kier molecular flexibility index (Phi) is 7.26. The summed E-state index contributed by atoms with van der Waals surface area (Å²) < 4.78 is 37.2. The number of carbonyl (C=O) groups is 1. The lowest BCUT2D eigenvalue weighted by atomic mass is 10.0. The first-order valence-corrected chi connectivity index (χ1v) is 7.27. The third-order valence-corrected chi connectivity index (χ3v) is 3.39. The van der Waals surface area contributed by atoms with Gasteiger partial charge >= 0.3 is 12.1 Å². The quantitative estimate of drug-likeness (QED) is 0.647. The first-order chi connectivity index (χ1) is 9.89. The van der Waals surface area contributed by atoms with Crippen LogP contribution in [0.25, 0.3) is 0 Å². The zero-order valence-corrected chi connectivity index (χ0v) is 12.0. The van der Waals surface area contributed by atoms with Crippen LogP contribution in [0.3, 0.4) is 0 Å². The summed E-state index contributed by atoms with van der Waals surface area (Å²) in [6.45, 7) is 0. The average molecular weight is 302 g/mol. The summed E-state index contributed by atoms with van der Waals surface area (Å²) in [6.07, 6.45) is 2.41. The van der Waals surface area contributed by atoms with Crippen molar-refractivity contribution in [3.63, 3.8) is 0 Å². The molecule has 0 spiro atoms. The molecule has 0 aliphatic rings. The molecule has 1 aromatic rings. The van der Waals surface area contributed by atoms with Gasteiger partial charge in [0, 0.05) is 6.42 Å². The van der Waals surface area contributed by atoms with Crippen LogP contribution in [0.4, 0.5) is 13.2 Å². The van der Waals surface area contributed by atoms with E-state index >= 15 is 0 Å². The zero-order valence-electron chi connectivity index (χ0n) is 12.0. The Balaban J connectivity index is 2.12. The highest BCUT2D eigenvalue weighted by atomic mass is 19.4. The molecule has 0 saturated heterocycles. The van der Waals surface area contributed by atoms with E-state index in [4.69, 9.17) is 5.11 Å². The SMILES string of the molecule is O=C(O)CCCCCCCCc1ccc(C(F)(F)F)cc1. The number of alkyl halides is 3. The highest BCUT2D eigenvalue weighted by Crippen LogP contribution is 2.29. The lowest BCUT2D eigenvalue weighted by Crippen LogP contribution is -2.04. The molecule has 0 saturated carbocycles. The molecule has 1 aromatic carbocycles. The molecule has 0 unspecified atom stereocenters. The van der Waals surface area contributed by atoms with Crippen LogP contribution < -0.4 is 0 Å². The van der Waals surface area contributed by atoms with E-state index in [1.807, 2.05) is 0 Å². The maximum Gasteiger partial charge on any atom is 0.416 e. The van der Waals surface area contributed by atoms with Crippen molar-refractivity contribution >= 4 is 5.97 Å². The Bertz CT molecular complexity index is 424. The molecule has 1 rings (SSSR count). The van der Waals surface area contributed by atoms with Crippen LogP contribution in [0.2, 0.25) is 0 Å². The third-order valence-electron chi connectivity index (χ3n) is 3.39. The highest BCUT2D eigenvalue weighted by molar-refractivity contribution is 5.66. The molecule has 0 fully saturated rings. The predicted octanol–water partition coefficient (Wildman–Crippen LogP) is 5.06. The first-order valence-electron chi connectivity index (χ1n) is 7.27. The summed E-state index contributed by atoms with van der Waals surface area (Å²) in [4.78, 5) is 10.3. The number of aryl methyl sites for hydroxylation is 1. The Hall–Kier alpha value is -1.52. The monoisotopic (exact) mass is 302 g/mol. The standard InChI is InChI=1S/C16H21F3O2/c17-16(18,19)14-11-9-13(10-12-14)7-5-3-1-2-4-6-8-15(20)21/h9-12H,1-8H2,(H,20,21).